The first-order chi connectivity index (χ1) is 15.5. The highest BCUT2D eigenvalue weighted by Crippen LogP contribution is 2.20. The summed E-state index contributed by atoms with van der Waals surface area (Å²) in [6, 6.07) is 8.15. The van der Waals surface area contributed by atoms with Crippen LogP contribution in [0.2, 0.25) is 0 Å². The van der Waals surface area contributed by atoms with E-state index in [0.29, 0.717) is 17.6 Å². The quantitative estimate of drug-likeness (QED) is 0.518. The molecule has 3 aromatic rings. The van der Waals surface area contributed by atoms with E-state index in [1.165, 1.54) is 16.6 Å². The van der Waals surface area contributed by atoms with Gasteiger partial charge in [0.1, 0.15) is 24.0 Å². The van der Waals surface area contributed by atoms with Gasteiger partial charge in [-0.2, -0.15) is 0 Å². The molecule has 0 radical (unpaired) electrons. The van der Waals surface area contributed by atoms with Gasteiger partial charge in [0.2, 0.25) is 5.91 Å². The molecule has 1 amide bonds. The van der Waals surface area contributed by atoms with Crippen LogP contribution in [0.1, 0.15) is 12.1 Å². The lowest BCUT2D eigenvalue weighted by Gasteiger charge is -2.36. The summed E-state index contributed by atoms with van der Waals surface area (Å²) in [5.41, 5.74) is 1.55. The van der Waals surface area contributed by atoms with Crippen LogP contribution < -0.4 is 20.5 Å². The Morgan fingerprint density at radius 1 is 1.19 bits per heavy atom. The summed E-state index contributed by atoms with van der Waals surface area (Å²) in [5.74, 6) is 0.649. The number of nitrogens with one attached hydrogen (secondary N) is 1. The maximum atomic E-state index is 12.5. The van der Waals surface area contributed by atoms with Crippen molar-refractivity contribution in [2.24, 2.45) is 0 Å². The number of benzene rings is 1. The maximum absolute atomic E-state index is 12.5. The second-order valence-electron chi connectivity index (χ2n) is 7.86. The van der Waals surface area contributed by atoms with Gasteiger partial charge in [-0.05, 0) is 44.2 Å². The molecule has 32 heavy (non-hydrogen) atoms. The van der Waals surface area contributed by atoms with E-state index in [-0.39, 0.29) is 23.7 Å². The van der Waals surface area contributed by atoms with E-state index in [1.54, 1.807) is 14.0 Å². The topological polar surface area (TPSA) is 106 Å². The van der Waals surface area contributed by atoms with Gasteiger partial charge in [0, 0.05) is 38.4 Å². The van der Waals surface area contributed by atoms with Crippen LogP contribution in [-0.4, -0.2) is 71.9 Å². The first-order valence-corrected chi connectivity index (χ1v) is 10.7. The van der Waals surface area contributed by atoms with Crippen LogP contribution in [-0.2, 0) is 11.3 Å². The van der Waals surface area contributed by atoms with Crippen LogP contribution in [0.5, 0.6) is 5.75 Å². The van der Waals surface area contributed by atoms with Crippen LogP contribution in [0.25, 0.3) is 11.1 Å². The molecule has 1 aliphatic heterocycles. The van der Waals surface area contributed by atoms with Crippen molar-refractivity contribution in [2.75, 3.05) is 51.3 Å². The van der Waals surface area contributed by atoms with Crippen molar-refractivity contribution in [3.63, 3.8) is 0 Å². The first kappa shape index (κ1) is 21.8. The van der Waals surface area contributed by atoms with Gasteiger partial charge >= 0.3 is 0 Å². The maximum Gasteiger partial charge on any atom is 0.267 e. The van der Waals surface area contributed by atoms with Gasteiger partial charge in [0.05, 0.1) is 12.8 Å². The van der Waals surface area contributed by atoms with Crippen LogP contribution >= 0.6 is 0 Å². The number of carbonyl (C=O) groups excluding carboxylic acids is 1. The van der Waals surface area contributed by atoms with E-state index in [1.807, 2.05) is 12.1 Å². The monoisotopic (exact) mass is 440 g/mol. The number of aryl methyl sites for hydroxylation is 1. The van der Waals surface area contributed by atoms with Crippen molar-refractivity contribution in [2.45, 2.75) is 19.9 Å². The van der Waals surface area contributed by atoms with Gasteiger partial charge in [-0.3, -0.25) is 19.1 Å². The summed E-state index contributed by atoms with van der Waals surface area (Å²) < 4.78 is 11.5. The number of ether oxygens (including phenoxy) is 1. The zero-order valence-corrected chi connectivity index (χ0v) is 18.4. The molecule has 2 aromatic heterocycles. The van der Waals surface area contributed by atoms with Crippen molar-refractivity contribution in [3.05, 3.63) is 46.6 Å². The molecule has 3 heterocycles. The second-order valence-corrected chi connectivity index (χ2v) is 7.86. The molecular formula is C22H28N6O4. The third kappa shape index (κ3) is 4.91. The lowest BCUT2D eigenvalue weighted by molar-refractivity contribution is -0.121. The van der Waals surface area contributed by atoms with Gasteiger partial charge in [-0.1, -0.05) is 5.16 Å². The highest BCUT2D eigenvalue weighted by Gasteiger charge is 2.17. The van der Waals surface area contributed by atoms with Crippen LogP contribution in [0.3, 0.4) is 0 Å². The molecule has 0 aliphatic carbocycles. The standard InChI is InChI=1S/C22H28N6O4/c1-16-20-21(32-25-16)24-15-28(22(20)30)14-19(29)23-8-3-9-26-10-12-27(13-11-26)17-4-6-18(31-2)7-5-17/h4-7,15H,3,8-14H2,1-2H3,(H,23,29). The molecule has 1 N–H and O–H groups in total. The predicted molar refractivity (Wildman–Crippen MR) is 120 cm³/mol. The number of fused-ring (bicyclic) bond motifs is 1. The van der Waals surface area contributed by atoms with Crippen molar-refractivity contribution < 1.29 is 14.1 Å². The van der Waals surface area contributed by atoms with Crippen molar-refractivity contribution in [3.8, 4) is 5.75 Å². The number of nitrogens with zero attached hydrogens (tertiary/aromatic N) is 5. The molecule has 0 bridgehead atoms. The normalized spacial score (nSPS) is 14.6. The third-order valence-electron chi connectivity index (χ3n) is 5.73. The Morgan fingerprint density at radius 3 is 2.66 bits per heavy atom. The van der Waals surface area contributed by atoms with Crippen LogP contribution in [0.4, 0.5) is 5.69 Å². The van der Waals surface area contributed by atoms with Gasteiger partial charge in [0.25, 0.3) is 11.3 Å². The smallest absolute Gasteiger partial charge is 0.267 e. The van der Waals surface area contributed by atoms with E-state index in [2.05, 4.69) is 37.4 Å². The third-order valence-corrected chi connectivity index (χ3v) is 5.73. The fraction of sp³-hybridized carbons (Fsp3) is 0.455. The Hall–Kier alpha value is -3.40. The van der Waals surface area contributed by atoms with Crippen molar-refractivity contribution >= 4 is 22.7 Å². The zero-order valence-electron chi connectivity index (χ0n) is 18.4. The molecule has 4 rings (SSSR count). The summed E-state index contributed by atoms with van der Waals surface area (Å²) in [4.78, 5) is 33.5. The highest BCUT2D eigenvalue weighted by atomic mass is 16.5. The fourth-order valence-corrected chi connectivity index (χ4v) is 3.89. The fourth-order valence-electron chi connectivity index (χ4n) is 3.89. The van der Waals surface area contributed by atoms with Crippen LogP contribution in [0, 0.1) is 6.92 Å². The zero-order chi connectivity index (χ0) is 22.5. The molecule has 1 aliphatic rings. The molecule has 1 saturated heterocycles. The highest BCUT2D eigenvalue weighted by molar-refractivity contribution is 5.77. The number of methoxy groups -OCH3 is 1. The number of rotatable bonds is 8. The average Bonchev–Trinajstić information content (AvgIpc) is 3.20. The molecule has 0 spiro atoms. The number of carbonyl (C=O) groups is 1. The minimum Gasteiger partial charge on any atom is -0.497 e. The van der Waals surface area contributed by atoms with E-state index < -0.39 is 0 Å². The van der Waals surface area contributed by atoms with E-state index in [9.17, 15) is 9.59 Å². The molecule has 0 unspecified atom stereocenters. The molecule has 0 saturated carbocycles. The summed E-state index contributed by atoms with van der Waals surface area (Å²) in [7, 11) is 1.67. The largest absolute Gasteiger partial charge is 0.497 e. The molecule has 1 aromatic carbocycles. The summed E-state index contributed by atoms with van der Waals surface area (Å²) in [5, 5.41) is 6.95. The van der Waals surface area contributed by atoms with Gasteiger partial charge in [-0.25, -0.2) is 4.98 Å². The predicted octanol–water partition coefficient (Wildman–Crippen LogP) is 1.03. The summed E-state index contributed by atoms with van der Waals surface area (Å²) in [6.07, 6.45) is 2.17. The molecule has 10 heteroatoms. The lowest BCUT2D eigenvalue weighted by atomic mass is 10.2. The SMILES string of the molecule is COc1ccc(N2CCN(CCCNC(=O)Cn3cnc4onc(C)c4c3=O)CC2)cc1. The lowest BCUT2D eigenvalue weighted by Crippen LogP contribution is -2.47. The van der Waals surface area contributed by atoms with Gasteiger partial charge < -0.3 is 19.5 Å². The molecule has 10 nitrogen and oxygen atoms in total. The Bertz CT molecular complexity index is 1120. The van der Waals surface area contributed by atoms with Crippen LogP contribution in [0.15, 0.2) is 39.9 Å². The Labute approximate surface area is 185 Å². The van der Waals surface area contributed by atoms with E-state index >= 15 is 0 Å². The Kier molecular flexibility index (Phi) is 6.69. The number of amides is 1. The minimum atomic E-state index is -0.321. The van der Waals surface area contributed by atoms with E-state index in [4.69, 9.17) is 9.26 Å². The average molecular weight is 441 g/mol. The molecule has 170 valence electrons. The summed E-state index contributed by atoms with van der Waals surface area (Å²) in [6.45, 7) is 7.00. The van der Waals surface area contributed by atoms with Crippen molar-refractivity contribution in [1.29, 1.82) is 0 Å². The number of aromatic nitrogens is 3. The minimum absolute atomic E-state index is 0.0765. The number of piperazine rings is 1. The van der Waals surface area contributed by atoms with Gasteiger partial charge in [-0.15, -0.1) is 0 Å². The Balaban J connectivity index is 1.17. The molecular weight excluding hydrogens is 412 g/mol. The van der Waals surface area contributed by atoms with Gasteiger partial charge in [0.15, 0.2) is 0 Å². The number of anilines is 1. The first-order valence-electron chi connectivity index (χ1n) is 10.7. The summed E-state index contributed by atoms with van der Waals surface area (Å²) >= 11 is 0. The number of hydrogen-bond acceptors (Lipinski definition) is 8. The number of hydrogen-bond donors (Lipinski definition) is 1. The molecule has 0 atom stereocenters. The molecule has 1 fully saturated rings. The van der Waals surface area contributed by atoms with E-state index in [0.717, 1.165) is 44.9 Å². The second kappa shape index (κ2) is 9.82. The Morgan fingerprint density at radius 2 is 1.94 bits per heavy atom. The van der Waals surface area contributed by atoms with Crippen molar-refractivity contribution in [1.82, 2.24) is 24.9 Å².